The third-order valence-electron chi connectivity index (χ3n) is 6.53. The molecule has 0 spiro atoms. The van der Waals surface area contributed by atoms with Crippen molar-refractivity contribution in [2.75, 3.05) is 6.54 Å². The second-order valence-corrected chi connectivity index (χ2v) is 8.62. The number of rotatable bonds is 6. The predicted molar refractivity (Wildman–Crippen MR) is 129 cm³/mol. The maximum absolute atomic E-state index is 13.3. The lowest BCUT2D eigenvalue weighted by Gasteiger charge is -2.30. The summed E-state index contributed by atoms with van der Waals surface area (Å²) >= 11 is 0. The molecule has 4 rings (SSSR count). The highest BCUT2D eigenvalue weighted by Crippen LogP contribution is 2.44. The van der Waals surface area contributed by atoms with Crippen molar-refractivity contribution in [1.82, 2.24) is 4.90 Å². The van der Waals surface area contributed by atoms with Crippen molar-refractivity contribution in [2.45, 2.75) is 44.8 Å². The van der Waals surface area contributed by atoms with Crippen LogP contribution in [0.4, 0.5) is 4.79 Å². The number of hydrogen-bond donors (Lipinski definition) is 0. The minimum atomic E-state index is -0.274. The molecule has 0 radical (unpaired) electrons. The Kier molecular flexibility index (Phi) is 6.75. The van der Waals surface area contributed by atoms with Crippen molar-refractivity contribution >= 4 is 6.09 Å². The van der Waals surface area contributed by atoms with E-state index in [0.717, 1.165) is 18.4 Å². The minimum absolute atomic E-state index is 0.0152. The molecule has 164 valence electrons. The molecule has 0 aliphatic carbocycles. The van der Waals surface area contributed by atoms with Gasteiger partial charge in [0.1, 0.15) is 6.61 Å². The van der Waals surface area contributed by atoms with E-state index in [1.54, 1.807) is 0 Å². The number of likely N-dealkylation sites (tertiary alicyclic amines) is 1. The highest BCUT2D eigenvalue weighted by molar-refractivity contribution is 5.70. The third kappa shape index (κ3) is 4.62. The van der Waals surface area contributed by atoms with E-state index in [9.17, 15) is 4.79 Å². The Bertz CT molecular complexity index is 1000. The van der Waals surface area contributed by atoms with Gasteiger partial charge in [-0.2, -0.15) is 0 Å². The molecule has 1 fully saturated rings. The molecule has 1 aliphatic heterocycles. The van der Waals surface area contributed by atoms with Crippen LogP contribution >= 0.6 is 0 Å². The van der Waals surface area contributed by atoms with Gasteiger partial charge in [0.05, 0.1) is 6.04 Å². The fourth-order valence-corrected chi connectivity index (χ4v) is 4.64. The van der Waals surface area contributed by atoms with Crippen LogP contribution in [0.3, 0.4) is 0 Å². The molecule has 3 nitrogen and oxygen atoms in total. The van der Waals surface area contributed by atoms with Gasteiger partial charge >= 0.3 is 6.09 Å². The fourth-order valence-electron chi connectivity index (χ4n) is 4.64. The molecule has 1 heterocycles. The van der Waals surface area contributed by atoms with Gasteiger partial charge in [0.25, 0.3) is 0 Å². The lowest BCUT2D eigenvalue weighted by molar-refractivity contribution is 0.0962. The molecule has 0 bridgehead atoms. The average Bonchev–Trinajstić information content (AvgIpc) is 3.24. The van der Waals surface area contributed by atoms with Gasteiger partial charge in [-0.05, 0) is 36.5 Å². The first-order valence-corrected chi connectivity index (χ1v) is 11.4. The molecule has 1 saturated heterocycles. The molecule has 1 aliphatic rings. The summed E-state index contributed by atoms with van der Waals surface area (Å²) in [5.74, 6) is 0. The van der Waals surface area contributed by atoms with E-state index in [4.69, 9.17) is 4.74 Å². The Morgan fingerprint density at radius 3 is 2.00 bits per heavy atom. The molecule has 1 amide bonds. The number of allylic oxidation sites excluding steroid dienone is 1. The largest absolute Gasteiger partial charge is 0.445 e. The van der Waals surface area contributed by atoms with E-state index in [-0.39, 0.29) is 24.2 Å². The van der Waals surface area contributed by atoms with Crippen molar-refractivity contribution in [1.29, 1.82) is 0 Å². The summed E-state index contributed by atoms with van der Waals surface area (Å²) in [4.78, 5) is 15.2. The van der Waals surface area contributed by atoms with E-state index in [1.165, 1.54) is 16.7 Å². The summed E-state index contributed by atoms with van der Waals surface area (Å²) in [6, 6.07) is 31.0. The zero-order valence-electron chi connectivity index (χ0n) is 18.9. The second-order valence-electron chi connectivity index (χ2n) is 8.62. The van der Waals surface area contributed by atoms with E-state index in [0.29, 0.717) is 6.54 Å². The predicted octanol–water partition coefficient (Wildman–Crippen LogP) is 6.74. The van der Waals surface area contributed by atoms with Crippen LogP contribution < -0.4 is 0 Å². The summed E-state index contributed by atoms with van der Waals surface area (Å²) < 4.78 is 5.78. The van der Waals surface area contributed by atoms with Gasteiger partial charge in [-0.1, -0.05) is 110 Å². The Labute approximate surface area is 191 Å². The van der Waals surface area contributed by atoms with Gasteiger partial charge in [-0.3, -0.25) is 0 Å². The summed E-state index contributed by atoms with van der Waals surface area (Å²) in [6.45, 7) is 5.16. The summed E-state index contributed by atoms with van der Waals surface area (Å²) in [5, 5.41) is 0. The van der Waals surface area contributed by atoms with Crippen LogP contribution in [-0.2, 0) is 16.8 Å². The monoisotopic (exact) mass is 425 g/mol. The maximum Gasteiger partial charge on any atom is 0.410 e. The highest BCUT2D eigenvalue weighted by atomic mass is 16.6. The minimum Gasteiger partial charge on any atom is -0.445 e. The lowest BCUT2D eigenvalue weighted by atomic mass is 9.73. The first-order chi connectivity index (χ1) is 15.6. The number of amides is 1. The van der Waals surface area contributed by atoms with Gasteiger partial charge in [0.15, 0.2) is 0 Å². The molecule has 0 saturated carbocycles. The van der Waals surface area contributed by atoms with Crippen LogP contribution in [0.1, 0.15) is 43.4 Å². The summed E-state index contributed by atoms with van der Waals surface area (Å²) in [5.41, 5.74) is 4.47. The number of benzene rings is 3. The van der Waals surface area contributed by atoms with Gasteiger partial charge < -0.3 is 9.64 Å². The molecule has 32 heavy (non-hydrogen) atoms. The van der Waals surface area contributed by atoms with Gasteiger partial charge in [0.2, 0.25) is 0 Å². The molecular formula is C29H31NO2. The highest BCUT2D eigenvalue weighted by Gasteiger charge is 2.47. The lowest BCUT2D eigenvalue weighted by Crippen LogP contribution is -2.37. The number of carbonyl (C=O) groups is 1. The number of carbonyl (C=O) groups excluding carboxylic acids is 1. The van der Waals surface area contributed by atoms with Crippen LogP contribution in [0.5, 0.6) is 0 Å². The van der Waals surface area contributed by atoms with E-state index in [2.05, 4.69) is 68.5 Å². The van der Waals surface area contributed by atoms with Crippen LogP contribution in [0.15, 0.2) is 103 Å². The Hall–Kier alpha value is -3.33. The maximum atomic E-state index is 13.3. The van der Waals surface area contributed by atoms with Crippen LogP contribution in [0.25, 0.3) is 0 Å². The number of ether oxygens (including phenoxy) is 1. The Morgan fingerprint density at radius 1 is 0.938 bits per heavy atom. The zero-order chi connectivity index (χ0) is 22.4. The number of nitrogens with zero attached hydrogens (tertiary/aromatic N) is 1. The number of hydrogen-bond acceptors (Lipinski definition) is 2. The third-order valence-corrected chi connectivity index (χ3v) is 6.53. The van der Waals surface area contributed by atoms with Gasteiger partial charge in [-0.25, -0.2) is 4.79 Å². The molecule has 1 atom stereocenters. The quantitative estimate of drug-likeness (QED) is 0.409. The molecule has 0 aromatic heterocycles. The van der Waals surface area contributed by atoms with E-state index in [1.807, 2.05) is 47.4 Å². The molecule has 0 unspecified atom stereocenters. The zero-order valence-corrected chi connectivity index (χ0v) is 18.9. The molecule has 3 heteroatoms. The van der Waals surface area contributed by atoms with Crippen molar-refractivity contribution in [3.63, 3.8) is 0 Å². The summed E-state index contributed by atoms with van der Waals surface area (Å²) in [7, 11) is 0. The average molecular weight is 426 g/mol. The van der Waals surface area contributed by atoms with Crippen molar-refractivity contribution < 1.29 is 9.53 Å². The van der Waals surface area contributed by atoms with E-state index < -0.39 is 0 Å². The van der Waals surface area contributed by atoms with Crippen molar-refractivity contribution in [2.24, 2.45) is 0 Å². The second kappa shape index (κ2) is 9.86. The fraction of sp³-hybridized carbons (Fsp3) is 0.276. The molecule has 3 aromatic carbocycles. The van der Waals surface area contributed by atoms with Crippen molar-refractivity contribution in [3.8, 4) is 0 Å². The molecular weight excluding hydrogens is 394 g/mol. The normalized spacial score (nSPS) is 17.9. The van der Waals surface area contributed by atoms with Gasteiger partial charge in [0, 0.05) is 12.0 Å². The standard InChI is InChI=1S/C29H31NO2/c1-3-23(2)19-27-20-29(25-15-9-5-10-16-25,26-17-11-6-12-18-26)22-30(27)28(31)32-21-24-13-7-4-8-14-24/h4-19,27H,3,20-22H2,1-2H3/b23-19-/t27-/m0/s1. The first kappa shape index (κ1) is 21.9. The van der Waals surface area contributed by atoms with Crippen molar-refractivity contribution in [3.05, 3.63) is 119 Å². The van der Waals surface area contributed by atoms with Crippen LogP contribution in [0, 0.1) is 0 Å². The Balaban J connectivity index is 1.69. The molecule has 3 aromatic rings. The van der Waals surface area contributed by atoms with Crippen LogP contribution in [0.2, 0.25) is 0 Å². The smallest absolute Gasteiger partial charge is 0.410 e. The van der Waals surface area contributed by atoms with E-state index >= 15 is 0 Å². The Morgan fingerprint density at radius 2 is 1.47 bits per heavy atom. The SMILES string of the molecule is CC/C(C)=C\[C@H]1CC(c2ccccc2)(c2ccccc2)CN1C(=O)OCc1ccccc1. The topological polar surface area (TPSA) is 29.5 Å². The van der Waals surface area contributed by atoms with Crippen LogP contribution in [-0.4, -0.2) is 23.6 Å². The molecule has 0 N–H and O–H groups in total. The van der Waals surface area contributed by atoms with Gasteiger partial charge in [-0.15, -0.1) is 0 Å². The first-order valence-electron chi connectivity index (χ1n) is 11.4. The summed E-state index contributed by atoms with van der Waals surface area (Å²) in [6.07, 6.45) is 3.79.